The first-order valence-electron chi connectivity index (χ1n) is 6.81. The van der Waals surface area contributed by atoms with Crippen molar-refractivity contribution >= 4 is 11.9 Å². The number of ether oxygens (including phenoxy) is 1. The van der Waals surface area contributed by atoms with Gasteiger partial charge in [-0.3, -0.25) is 9.89 Å². The topological polar surface area (TPSA) is 98.1 Å². The lowest BCUT2D eigenvalue weighted by molar-refractivity contribution is -0.127. The number of aromatic amines is 1. The summed E-state index contributed by atoms with van der Waals surface area (Å²) in [5.41, 5.74) is 6.41. The van der Waals surface area contributed by atoms with Gasteiger partial charge in [0.2, 0.25) is 6.10 Å². The molecular formula is C15H16FN3O3. The summed E-state index contributed by atoms with van der Waals surface area (Å²) in [5.74, 6) is -2.08. The van der Waals surface area contributed by atoms with Gasteiger partial charge in [0.05, 0.1) is 0 Å². The molecule has 2 rings (SSSR count). The van der Waals surface area contributed by atoms with Crippen molar-refractivity contribution in [1.29, 1.82) is 0 Å². The molecule has 1 amide bonds. The van der Waals surface area contributed by atoms with Gasteiger partial charge in [-0.05, 0) is 24.6 Å². The average Bonchev–Trinajstić information content (AvgIpc) is 2.94. The molecule has 0 aliphatic rings. The van der Waals surface area contributed by atoms with Crippen LogP contribution in [0.1, 0.15) is 41.2 Å². The number of halogens is 1. The van der Waals surface area contributed by atoms with Crippen LogP contribution >= 0.6 is 0 Å². The molecule has 1 aromatic heterocycles. The summed E-state index contributed by atoms with van der Waals surface area (Å²) in [6, 6.07) is 6.56. The number of esters is 1. The standard InChI is InChI=1S/C15H16FN3O3/c1-2-3-11-8-12(19-18-11)15(21)22-13(14(17)20)9-4-6-10(16)7-5-9/h4-8,13H,2-3H2,1H3,(H2,17,20)(H,18,19). The molecule has 0 saturated heterocycles. The molecule has 22 heavy (non-hydrogen) atoms. The number of nitrogens with zero attached hydrogens (tertiary/aromatic N) is 1. The highest BCUT2D eigenvalue weighted by Gasteiger charge is 2.24. The van der Waals surface area contributed by atoms with Crippen molar-refractivity contribution in [1.82, 2.24) is 10.2 Å². The Morgan fingerprint density at radius 1 is 1.36 bits per heavy atom. The number of aromatic nitrogens is 2. The molecule has 7 heteroatoms. The molecule has 0 fully saturated rings. The minimum absolute atomic E-state index is 0.0665. The summed E-state index contributed by atoms with van der Waals surface area (Å²) in [6.07, 6.45) is 0.354. The average molecular weight is 305 g/mol. The summed E-state index contributed by atoms with van der Waals surface area (Å²) in [5, 5.41) is 6.56. The van der Waals surface area contributed by atoms with Gasteiger partial charge in [0.25, 0.3) is 5.91 Å². The number of primary amides is 1. The Morgan fingerprint density at radius 2 is 2.05 bits per heavy atom. The van der Waals surface area contributed by atoms with Gasteiger partial charge in [-0.25, -0.2) is 9.18 Å². The Labute approximate surface area is 126 Å². The van der Waals surface area contributed by atoms with Gasteiger partial charge in [-0.1, -0.05) is 25.5 Å². The number of aryl methyl sites for hydroxylation is 1. The largest absolute Gasteiger partial charge is 0.443 e. The van der Waals surface area contributed by atoms with Crippen molar-refractivity contribution in [3.63, 3.8) is 0 Å². The van der Waals surface area contributed by atoms with Crippen LogP contribution in [0.5, 0.6) is 0 Å². The first kappa shape index (κ1) is 15.7. The number of hydrogen-bond donors (Lipinski definition) is 2. The van der Waals surface area contributed by atoms with Crippen LogP contribution in [0.2, 0.25) is 0 Å². The van der Waals surface area contributed by atoms with Crippen LogP contribution < -0.4 is 5.73 Å². The van der Waals surface area contributed by atoms with E-state index in [0.717, 1.165) is 30.7 Å². The molecule has 6 nitrogen and oxygen atoms in total. The fraction of sp³-hybridized carbons (Fsp3) is 0.267. The molecule has 0 saturated carbocycles. The van der Waals surface area contributed by atoms with Crippen molar-refractivity contribution in [3.8, 4) is 0 Å². The second kappa shape index (κ2) is 6.84. The normalized spacial score (nSPS) is 11.9. The van der Waals surface area contributed by atoms with E-state index in [1.165, 1.54) is 12.1 Å². The predicted molar refractivity (Wildman–Crippen MR) is 76.3 cm³/mol. The SMILES string of the molecule is CCCc1cc(C(=O)OC(C(N)=O)c2ccc(F)cc2)n[nH]1. The molecule has 0 aliphatic heterocycles. The van der Waals surface area contributed by atoms with E-state index in [2.05, 4.69) is 10.2 Å². The second-order valence-corrected chi connectivity index (χ2v) is 4.77. The van der Waals surface area contributed by atoms with Gasteiger partial charge < -0.3 is 10.5 Å². The van der Waals surface area contributed by atoms with E-state index in [0.29, 0.717) is 5.56 Å². The number of hydrogen-bond acceptors (Lipinski definition) is 4. The van der Waals surface area contributed by atoms with Crippen molar-refractivity contribution in [2.24, 2.45) is 5.73 Å². The van der Waals surface area contributed by atoms with Crippen LogP contribution in [0.25, 0.3) is 0 Å². The fourth-order valence-electron chi connectivity index (χ4n) is 1.96. The van der Waals surface area contributed by atoms with E-state index in [4.69, 9.17) is 10.5 Å². The van der Waals surface area contributed by atoms with Gasteiger partial charge in [0, 0.05) is 11.3 Å². The number of carbonyl (C=O) groups is 2. The number of nitrogens with two attached hydrogens (primary N) is 1. The molecule has 0 spiro atoms. The molecular weight excluding hydrogens is 289 g/mol. The zero-order valence-corrected chi connectivity index (χ0v) is 12.0. The third kappa shape index (κ3) is 3.69. The molecule has 1 aromatic carbocycles. The Balaban J connectivity index is 2.14. The second-order valence-electron chi connectivity index (χ2n) is 4.77. The van der Waals surface area contributed by atoms with Crippen LogP contribution in [-0.2, 0) is 16.0 Å². The van der Waals surface area contributed by atoms with E-state index < -0.39 is 23.8 Å². The van der Waals surface area contributed by atoms with Crippen molar-refractivity contribution in [2.75, 3.05) is 0 Å². The maximum Gasteiger partial charge on any atom is 0.359 e. The van der Waals surface area contributed by atoms with Gasteiger partial charge >= 0.3 is 5.97 Å². The lowest BCUT2D eigenvalue weighted by Gasteiger charge is -2.14. The smallest absolute Gasteiger partial charge is 0.359 e. The monoisotopic (exact) mass is 305 g/mol. The molecule has 1 atom stereocenters. The Hall–Kier alpha value is -2.70. The Kier molecular flexibility index (Phi) is 4.88. The number of carbonyl (C=O) groups excluding carboxylic acids is 2. The number of nitrogens with one attached hydrogen (secondary N) is 1. The minimum Gasteiger partial charge on any atom is -0.443 e. The molecule has 3 N–H and O–H groups in total. The fourth-order valence-corrected chi connectivity index (χ4v) is 1.96. The zero-order chi connectivity index (χ0) is 16.1. The van der Waals surface area contributed by atoms with E-state index in [9.17, 15) is 14.0 Å². The van der Waals surface area contributed by atoms with Crippen molar-refractivity contribution in [2.45, 2.75) is 25.9 Å². The minimum atomic E-state index is -1.29. The van der Waals surface area contributed by atoms with Gasteiger partial charge in [0.1, 0.15) is 5.82 Å². The van der Waals surface area contributed by atoms with Crippen LogP contribution in [0.15, 0.2) is 30.3 Å². The van der Waals surface area contributed by atoms with Crippen LogP contribution in [0.4, 0.5) is 4.39 Å². The van der Waals surface area contributed by atoms with Crippen LogP contribution in [0.3, 0.4) is 0 Å². The Morgan fingerprint density at radius 3 is 2.64 bits per heavy atom. The summed E-state index contributed by atoms with van der Waals surface area (Å²) in [7, 11) is 0. The Bertz CT molecular complexity index is 667. The van der Waals surface area contributed by atoms with E-state index >= 15 is 0 Å². The van der Waals surface area contributed by atoms with Gasteiger partial charge in [0.15, 0.2) is 5.69 Å². The van der Waals surface area contributed by atoms with E-state index in [1.54, 1.807) is 6.07 Å². The van der Waals surface area contributed by atoms with Gasteiger partial charge in [-0.2, -0.15) is 5.10 Å². The number of H-pyrrole nitrogens is 1. The molecule has 1 heterocycles. The molecule has 0 aliphatic carbocycles. The third-order valence-corrected chi connectivity index (χ3v) is 3.02. The number of benzene rings is 1. The molecule has 116 valence electrons. The highest BCUT2D eigenvalue weighted by Crippen LogP contribution is 2.19. The van der Waals surface area contributed by atoms with Crippen LogP contribution in [-0.4, -0.2) is 22.1 Å². The van der Waals surface area contributed by atoms with Gasteiger partial charge in [-0.15, -0.1) is 0 Å². The number of amides is 1. The number of rotatable bonds is 6. The molecule has 0 bridgehead atoms. The summed E-state index contributed by atoms with van der Waals surface area (Å²) in [6.45, 7) is 2.00. The highest BCUT2D eigenvalue weighted by molar-refractivity contribution is 5.90. The lowest BCUT2D eigenvalue weighted by Crippen LogP contribution is -2.26. The van der Waals surface area contributed by atoms with E-state index in [-0.39, 0.29) is 5.69 Å². The highest BCUT2D eigenvalue weighted by atomic mass is 19.1. The maximum absolute atomic E-state index is 12.9. The maximum atomic E-state index is 12.9. The van der Waals surface area contributed by atoms with Crippen LogP contribution in [0, 0.1) is 5.82 Å². The lowest BCUT2D eigenvalue weighted by atomic mass is 10.1. The summed E-state index contributed by atoms with van der Waals surface area (Å²) in [4.78, 5) is 23.5. The first-order valence-corrected chi connectivity index (χ1v) is 6.81. The summed E-state index contributed by atoms with van der Waals surface area (Å²) < 4.78 is 18.0. The van der Waals surface area contributed by atoms with E-state index in [1.807, 2.05) is 6.92 Å². The molecule has 0 radical (unpaired) electrons. The third-order valence-electron chi connectivity index (χ3n) is 3.02. The molecule has 1 unspecified atom stereocenters. The summed E-state index contributed by atoms with van der Waals surface area (Å²) >= 11 is 0. The first-order chi connectivity index (χ1) is 10.5. The zero-order valence-electron chi connectivity index (χ0n) is 12.0. The van der Waals surface area contributed by atoms with Crippen molar-refractivity contribution < 1.29 is 18.7 Å². The predicted octanol–water partition coefficient (Wildman–Crippen LogP) is 1.88. The quantitative estimate of drug-likeness (QED) is 0.796. The molecule has 2 aromatic rings. The van der Waals surface area contributed by atoms with Crippen molar-refractivity contribution in [3.05, 3.63) is 53.1 Å².